The van der Waals surface area contributed by atoms with E-state index in [-0.39, 0.29) is 24.1 Å². The number of rotatable bonds is 9. The predicted molar refractivity (Wildman–Crippen MR) is 171 cm³/mol. The molecule has 1 saturated heterocycles. The van der Waals surface area contributed by atoms with Gasteiger partial charge in [-0.15, -0.1) is 10.2 Å². The summed E-state index contributed by atoms with van der Waals surface area (Å²) < 4.78 is 20.9. The molecule has 2 fully saturated rings. The number of tetrazole rings is 1. The van der Waals surface area contributed by atoms with Gasteiger partial charge in [0.1, 0.15) is 0 Å². The van der Waals surface area contributed by atoms with Crippen LogP contribution in [0.3, 0.4) is 0 Å². The molecule has 2 amide bonds. The molecule has 46 heavy (non-hydrogen) atoms. The maximum atomic E-state index is 15.5. The number of ether oxygens (including phenoxy) is 1. The van der Waals surface area contributed by atoms with Crippen LogP contribution >= 0.6 is 0 Å². The molecule has 5 N–H and O–H groups in total. The van der Waals surface area contributed by atoms with E-state index in [4.69, 9.17) is 16.2 Å². The Labute approximate surface area is 266 Å². The van der Waals surface area contributed by atoms with E-state index in [1.807, 2.05) is 29.2 Å². The van der Waals surface area contributed by atoms with Crippen molar-refractivity contribution in [3.05, 3.63) is 72.2 Å². The van der Waals surface area contributed by atoms with E-state index >= 15 is 4.39 Å². The van der Waals surface area contributed by atoms with E-state index in [0.717, 1.165) is 18.4 Å². The number of nitrogens with one attached hydrogen (secondary N) is 1. The molecule has 0 radical (unpaired) electrons. The molecule has 1 aliphatic carbocycles. The normalized spacial score (nSPS) is 19.1. The lowest BCUT2D eigenvalue weighted by Crippen LogP contribution is -2.50. The predicted octanol–water partition coefficient (Wildman–Crippen LogP) is 3.10. The second kappa shape index (κ2) is 14.2. The number of hydrogen-bond donors (Lipinski definition) is 3. The smallest absolute Gasteiger partial charge is 0.251 e. The summed E-state index contributed by atoms with van der Waals surface area (Å²) >= 11 is 0. The molecule has 2 aromatic carbocycles. The number of morpholine rings is 1. The van der Waals surface area contributed by atoms with Gasteiger partial charge in [0.15, 0.2) is 11.6 Å². The Balaban J connectivity index is 1.19. The van der Waals surface area contributed by atoms with Crippen molar-refractivity contribution in [3.8, 4) is 22.5 Å². The molecular weight excluding hydrogens is 589 g/mol. The molecule has 1 aliphatic heterocycles. The van der Waals surface area contributed by atoms with Gasteiger partial charge in [0.05, 0.1) is 24.9 Å². The molecule has 2 aliphatic rings. The number of nitrogens with zero attached hydrogens (tertiary/aromatic N) is 6. The van der Waals surface area contributed by atoms with Crippen LogP contribution in [0.15, 0.2) is 60.8 Å². The van der Waals surface area contributed by atoms with Gasteiger partial charge in [0, 0.05) is 36.3 Å². The first-order chi connectivity index (χ1) is 22.4. The summed E-state index contributed by atoms with van der Waals surface area (Å²) in [5.41, 5.74) is 15.4. The van der Waals surface area contributed by atoms with Gasteiger partial charge >= 0.3 is 0 Å². The molecule has 0 bridgehead atoms. The Morgan fingerprint density at radius 2 is 1.70 bits per heavy atom. The van der Waals surface area contributed by atoms with Crippen molar-refractivity contribution in [2.24, 2.45) is 23.3 Å². The van der Waals surface area contributed by atoms with Crippen molar-refractivity contribution in [2.45, 2.75) is 38.1 Å². The fraction of sp³-hybridized carbons (Fsp3) is 0.394. The standard InChI is InChI=1S/C33H38FN9O3/c34-29-27(13-14-37-31(29)42-15-17-46-18-16-42)23-5-1-21(2-6-23)19-28(36)33(45)43(32(44)25-7-3-22(20-35)4-8-25)26-11-9-24(10-12-26)30-38-40-41-39-30/h1-2,5-6,9-14,22,25,28H,3-4,7-8,15-20,35-36H2,(H,38,39,40,41)/t22?,25?,28-/m0/s1. The highest BCUT2D eigenvalue weighted by Gasteiger charge is 2.35. The fourth-order valence-electron chi connectivity index (χ4n) is 6.21. The minimum absolute atomic E-state index is 0.196. The van der Waals surface area contributed by atoms with Crippen LogP contribution in [0.5, 0.6) is 0 Å². The number of imide groups is 1. The van der Waals surface area contributed by atoms with Crippen LogP contribution in [-0.4, -0.2) is 76.3 Å². The molecular formula is C33H38FN9O3. The van der Waals surface area contributed by atoms with E-state index in [9.17, 15) is 9.59 Å². The molecule has 4 aromatic rings. The quantitative estimate of drug-likeness (QED) is 0.251. The monoisotopic (exact) mass is 627 g/mol. The van der Waals surface area contributed by atoms with Crippen molar-refractivity contribution >= 4 is 23.3 Å². The summed E-state index contributed by atoms with van der Waals surface area (Å²) in [4.78, 5) is 35.2. The highest BCUT2D eigenvalue weighted by Crippen LogP contribution is 2.32. The summed E-state index contributed by atoms with van der Waals surface area (Å²) in [5, 5.41) is 14.0. The van der Waals surface area contributed by atoms with Crippen LogP contribution in [0.25, 0.3) is 22.5 Å². The number of anilines is 2. The summed E-state index contributed by atoms with van der Waals surface area (Å²) in [6.07, 6.45) is 4.82. The average molecular weight is 628 g/mol. The first-order valence-corrected chi connectivity index (χ1v) is 15.7. The molecule has 240 valence electrons. The third kappa shape index (κ3) is 6.81. The number of carbonyl (C=O) groups excluding carboxylic acids is 2. The van der Waals surface area contributed by atoms with Crippen molar-refractivity contribution in [1.29, 1.82) is 0 Å². The van der Waals surface area contributed by atoms with Gasteiger partial charge in [0.2, 0.25) is 11.7 Å². The third-order valence-corrected chi connectivity index (χ3v) is 8.92. The minimum Gasteiger partial charge on any atom is -0.378 e. The number of hydrogen-bond acceptors (Lipinski definition) is 10. The first-order valence-electron chi connectivity index (χ1n) is 15.7. The molecule has 13 heteroatoms. The summed E-state index contributed by atoms with van der Waals surface area (Å²) in [6.45, 7) is 2.81. The Morgan fingerprint density at radius 1 is 1.00 bits per heavy atom. The van der Waals surface area contributed by atoms with Crippen LogP contribution in [0.2, 0.25) is 0 Å². The van der Waals surface area contributed by atoms with Crippen LogP contribution in [0.1, 0.15) is 31.2 Å². The number of carbonyl (C=O) groups is 2. The molecule has 1 saturated carbocycles. The van der Waals surface area contributed by atoms with E-state index < -0.39 is 11.9 Å². The Hall–Kier alpha value is -4.59. The number of nitrogens with two attached hydrogens (primary N) is 2. The minimum atomic E-state index is -0.988. The summed E-state index contributed by atoms with van der Waals surface area (Å²) in [5.74, 6) is -0.333. The van der Waals surface area contributed by atoms with Crippen LogP contribution < -0.4 is 21.3 Å². The van der Waals surface area contributed by atoms with E-state index in [2.05, 4.69) is 25.6 Å². The zero-order valence-electron chi connectivity index (χ0n) is 25.5. The molecule has 12 nitrogen and oxygen atoms in total. The van der Waals surface area contributed by atoms with Crippen molar-refractivity contribution in [1.82, 2.24) is 25.6 Å². The summed E-state index contributed by atoms with van der Waals surface area (Å²) in [6, 6.07) is 14.8. The lowest BCUT2D eigenvalue weighted by Gasteiger charge is -2.32. The molecule has 0 spiro atoms. The zero-order valence-corrected chi connectivity index (χ0v) is 25.5. The third-order valence-electron chi connectivity index (χ3n) is 8.92. The average Bonchev–Trinajstić information content (AvgIpc) is 3.65. The lowest BCUT2D eigenvalue weighted by atomic mass is 9.81. The maximum Gasteiger partial charge on any atom is 0.251 e. The van der Waals surface area contributed by atoms with Gasteiger partial charge in [0.25, 0.3) is 5.91 Å². The zero-order chi connectivity index (χ0) is 32.0. The Bertz CT molecular complexity index is 1620. The fourth-order valence-corrected chi connectivity index (χ4v) is 6.21. The molecule has 3 heterocycles. The SMILES string of the molecule is NCC1CCC(C(=O)N(C(=O)[C@@H](N)Cc2ccc(-c3ccnc(N4CCOCC4)c3F)cc2)c2ccc(-c3nn[nH]n3)cc2)CC1. The van der Waals surface area contributed by atoms with E-state index in [0.29, 0.717) is 85.6 Å². The van der Waals surface area contributed by atoms with Gasteiger partial charge in [-0.1, -0.05) is 24.3 Å². The lowest BCUT2D eigenvalue weighted by molar-refractivity contribution is -0.130. The number of H-pyrrole nitrogens is 1. The van der Waals surface area contributed by atoms with Crippen LogP contribution in [-0.2, 0) is 20.7 Å². The molecule has 0 unspecified atom stereocenters. The van der Waals surface area contributed by atoms with Crippen molar-refractivity contribution in [2.75, 3.05) is 42.6 Å². The maximum absolute atomic E-state index is 15.5. The number of amides is 2. The summed E-state index contributed by atoms with van der Waals surface area (Å²) in [7, 11) is 0. The second-order valence-corrected chi connectivity index (χ2v) is 11.9. The van der Waals surface area contributed by atoms with Crippen LogP contribution in [0.4, 0.5) is 15.9 Å². The van der Waals surface area contributed by atoms with Gasteiger partial charge < -0.3 is 21.1 Å². The Morgan fingerprint density at radius 3 is 2.35 bits per heavy atom. The van der Waals surface area contributed by atoms with Crippen molar-refractivity contribution in [3.63, 3.8) is 0 Å². The van der Waals surface area contributed by atoms with Crippen LogP contribution in [0, 0.1) is 17.7 Å². The second-order valence-electron chi connectivity index (χ2n) is 11.9. The largest absolute Gasteiger partial charge is 0.378 e. The van der Waals surface area contributed by atoms with Gasteiger partial charge in [-0.05, 0) is 91.2 Å². The van der Waals surface area contributed by atoms with Gasteiger partial charge in [-0.2, -0.15) is 5.21 Å². The van der Waals surface area contributed by atoms with Crippen molar-refractivity contribution < 1.29 is 18.7 Å². The molecule has 6 rings (SSSR count). The number of aromatic nitrogens is 5. The Kier molecular flexibility index (Phi) is 9.71. The molecule has 1 atom stereocenters. The first kappa shape index (κ1) is 31.4. The van der Waals surface area contributed by atoms with E-state index in [1.54, 1.807) is 36.5 Å². The van der Waals surface area contributed by atoms with Gasteiger partial charge in [-0.3, -0.25) is 9.59 Å². The topological polar surface area (TPSA) is 169 Å². The highest BCUT2D eigenvalue weighted by molar-refractivity contribution is 6.17. The number of halogens is 1. The number of aromatic amines is 1. The highest BCUT2D eigenvalue weighted by atomic mass is 19.1. The van der Waals surface area contributed by atoms with E-state index in [1.165, 1.54) is 4.90 Å². The van der Waals surface area contributed by atoms with Gasteiger partial charge in [-0.25, -0.2) is 14.3 Å². The number of benzene rings is 2. The number of pyridine rings is 1. The molecule has 2 aromatic heterocycles.